The Morgan fingerprint density at radius 2 is 2.11 bits per heavy atom. The highest BCUT2D eigenvalue weighted by Crippen LogP contribution is 2.39. The van der Waals surface area contributed by atoms with Gasteiger partial charge in [-0.2, -0.15) is 0 Å². The molecule has 1 atom stereocenters. The van der Waals surface area contributed by atoms with Gasteiger partial charge in [0.1, 0.15) is 0 Å². The summed E-state index contributed by atoms with van der Waals surface area (Å²) in [6.07, 6.45) is 7.66. The van der Waals surface area contributed by atoms with Crippen molar-refractivity contribution in [2.75, 3.05) is 0 Å². The fourth-order valence-corrected chi connectivity index (χ4v) is 2.77. The maximum Gasteiger partial charge on any atom is -0.0159 e. The molecular weight excluding hydrogens is 216 g/mol. The number of aryl methyl sites for hydroxylation is 1. The SMILES string of the molecule is C/C=C(/C)C(C)Cc1ccc(C)cc1C1CCC1. The van der Waals surface area contributed by atoms with Gasteiger partial charge in [-0.3, -0.25) is 0 Å². The van der Waals surface area contributed by atoms with Crippen molar-refractivity contribution < 1.29 is 0 Å². The second kappa shape index (κ2) is 5.73. The van der Waals surface area contributed by atoms with Crippen LogP contribution in [0.2, 0.25) is 0 Å². The van der Waals surface area contributed by atoms with Crippen LogP contribution in [0.15, 0.2) is 29.8 Å². The van der Waals surface area contributed by atoms with Crippen molar-refractivity contribution >= 4 is 0 Å². The van der Waals surface area contributed by atoms with Crippen molar-refractivity contribution in [3.8, 4) is 0 Å². The lowest BCUT2D eigenvalue weighted by molar-refractivity contribution is 0.416. The van der Waals surface area contributed by atoms with Gasteiger partial charge in [0.05, 0.1) is 0 Å². The van der Waals surface area contributed by atoms with Gasteiger partial charge in [-0.15, -0.1) is 0 Å². The Morgan fingerprint density at radius 3 is 2.67 bits per heavy atom. The molecule has 0 heteroatoms. The molecule has 1 aromatic rings. The molecule has 0 aromatic heterocycles. The van der Waals surface area contributed by atoms with Crippen LogP contribution in [0.25, 0.3) is 0 Å². The number of rotatable bonds is 4. The molecule has 18 heavy (non-hydrogen) atoms. The molecule has 0 N–H and O–H groups in total. The van der Waals surface area contributed by atoms with Gasteiger partial charge in [-0.1, -0.05) is 48.8 Å². The zero-order valence-electron chi connectivity index (χ0n) is 12.3. The molecular formula is C18H26. The van der Waals surface area contributed by atoms with Crippen molar-refractivity contribution in [2.45, 2.75) is 59.3 Å². The summed E-state index contributed by atoms with van der Waals surface area (Å²) in [7, 11) is 0. The molecule has 1 fully saturated rings. The van der Waals surface area contributed by atoms with E-state index in [1.54, 1.807) is 11.1 Å². The molecule has 1 aliphatic carbocycles. The molecule has 2 rings (SSSR count). The minimum absolute atomic E-state index is 0.663. The molecule has 0 bridgehead atoms. The van der Waals surface area contributed by atoms with Gasteiger partial charge < -0.3 is 0 Å². The first kappa shape index (κ1) is 13.4. The first-order chi connectivity index (χ1) is 8.61. The highest BCUT2D eigenvalue weighted by molar-refractivity contribution is 5.36. The lowest BCUT2D eigenvalue weighted by Crippen LogP contribution is -2.13. The maximum atomic E-state index is 2.43. The van der Waals surface area contributed by atoms with Gasteiger partial charge in [0.25, 0.3) is 0 Å². The average molecular weight is 242 g/mol. The van der Waals surface area contributed by atoms with Crippen molar-refractivity contribution in [1.29, 1.82) is 0 Å². The number of allylic oxidation sites excluding steroid dienone is 2. The first-order valence-corrected chi connectivity index (χ1v) is 7.34. The van der Waals surface area contributed by atoms with E-state index in [1.807, 2.05) is 0 Å². The fraction of sp³-hybridized carbons (Fsp3) is 0.556. The summed E-state index contributed by atoms with van der Waals surface area (Å²) in [5, 5.41) is 0. The highest BCUT2D eigenvalue weighted by Gasteiger charge is 2.22. The van der Waals surface area contributed by atoms with Crippen LogP contribution in [0.3, 0.4) is 0 Å². The second-order valence-electron chi connectivity index (χ2n) is 5.97. The standard InChI is InChI=1S/C18H26/c1-5-14(3)15(4)12-17-10-9-13(2)11-18(17)16-7-6-8-16/h5,9-11,15-16H,6-8,12H2,1-4H3/b14-5-. The molecule has 1 aliphatic rings. The molecule has 0 amide bonds. The Labute approximate surface area is 112 Å². The summed E-state index contributed by atoms with van der Waals surface area (Å²) < 4.78 is 0. The zero-order valence-corrected chi connectivity index (χ0v) is 12.3. The fourth-order valence-electron chi connectivity index (χ4n) is 2.77. The smallest absolute Gasteiger partial charge is 0.0159 e. The van der Waals surface area contributed by atoms with E-state index in [2.05, 4.69) is 52.0 Å². The van der Waals surface area contributed by atoms with Crippen LogP contribution in [0.5, 0.6) is 0 Å². The average Bonchev–Trinajstić information content (AvgIpc) is 2.29. The van der Waals surface area contributed by atoms with E-state index in [9.17, 15) is 0 Å². The maximum absolute atomic E-state index is 2.43. The summed E-state index contributed by atoms with van der Waals surface area (Å²) in [6.45, 7) is 8.96. The quantitative estimate of drug-likeness (QED) is 0.619. The molecule has 0 saturated heterocycles. The van der Waals surface area contributed by atoms with E-state index >= 15 is 0 Å². The van der Waals surface area contributed by atoms with Crippen LogP contribution in [-0.2, 0) is 6.42 Å². The minimum Gasteiger partial charge on any atom is -0.0885 e. The van der Waals surface area contributed by atoms with E-state index in [-0.39, 0.29) is 0 Å². The molecule has 1 saturated carbocycles. The third kappa shape index (κ3) is 2.85. The summed E-state index contributed by atoms with van der Waals surface area (Å²) in [5.74, 6) is 1.51. The van der Waals surface area contributed by atoms with Gasteiger partial charge in [0.2, 0.25) is 0 Å². The van der Waals surface area contributed by atoms with E-state index in [4.69, 9.17) is 0 Å². The molecule has 0 nitrogen and oxygen atoms in total. The molecule has 98 valence electrons. The Bertz CT molecular complexity index is 435. The molecule has 0 heterocycles. The predicted octanol–water partition coefficient (Wildman–Crippen LogP) is 5.41. The van der Waals surface area contributed by atoms with Crippen LogP contribution >= 0.6 is 0 Å². The van der Waals surface area contributed by atoms with Crippen molar-refractivity contribution in [2.24, 2.45) is 5.92 Å². The Balaban J connectivity index is 2.21. The molecule has 1 unspecified atom stereocenters. The molecule has 0 aliphatic heterocycles. The monoisotopic (exact) mass is 242 g/mol. The third-order valence-electron chi connectivity index (χ3n) is 4.61. The van der Waals surface area contributed by atoms with Crippen LogP contribution in [0.4, 0.5) is 0 Å². The van der Waals surface area contributed by atoms with E-state index in [1.165, 1.54) is 36.8 Å². The molecule has 0 radical (unpaired) electrons. The van der Waals surface area contributed by atoms with Gasteiger partial charge in [-0.25, -0.2) is 0 Å². The minimum atomic E-state index is 0.663. The number of benzene rings is 1. The first-order valence-electron chi connectivity index (χ1n) is 7.34. The van der Waals surface area contributed by atoms with Crippen LogP contribution < -0.4 is 0 Å². The van der Waals surface area contributed by atoms with Crippen LogP contribution in [-0.4, -0.2) is 0 Å². The number of hydrogen-bond acceptors (Lipinski definition) is 0. The third-order valence-corrected chi connectivity index (χ3v) is 4.61. The Hall–Kier alpha value is -1.04. The second-order valence-corrected chi connectivity index (χ2v) is 5.97. The summed E-state index contributed by atoms with van der Waals surface area (Å²) in [6, 6.07) is 7.06. The van der Waals surface area contributed by atoms with E-state index < -0.39 is 0 Å². The predicted molar refractivity (Wildman–Crippen MR) is 80.1 cm³/mol. The van der Waals surface area contributed by atoms with Crippen LogP contribution in [0.1, 0.15) is 62.6 Å². The summed E-state index contributed by atoms with van der Waals surface area (Å²) in [4.78, 5) is 0. The van der Waals surface area contributed by atoms with Gasteiger partial charge in [0, 0.05) is 0 Å². The normalized spacial score (nSPS) is 18.6. The lowest BCUT2D eigenvalue weighted by Gasteiger charge is -2.29. The lowest BCUT2D eigenvalue weighted by atomic mass is 9.76. The van der Waals surface area contributed by atoms with E-state index in [0.717, 1.165) is 5.92 Å². The number of hydrogen-bond donors (Lipinski definition) is 0. The van der Waals surface area contributed by atoms with Gasteiger partial charge >= 0.3 is 0 Å². The van der Waals surface area contributed by atoms with Gasteiger partial charge in [0.15, 0.2) is 0 Å². The Kier molecular flexibility index (Phi) is 4.27. The van der Waals surface area contributed by atoms with Gasteiger partial charge in [-0.05, 0) is 63.0 Å². The van der Waals surface area contributed by atoms with Crippen molar-refractivity contribution in [1.82, 2.24) is 0 Å². The van der Waals surface area contributed by atoms with Crippen molar-refractivity contribution in [3.05, 3.63) is 46.5 Å². The highest BCUT2D eigenvalue weighted by atomic mass is 14.3. The largest absolute Gasteiger partial charge is 0.0885 e. The Morgan fingerprint density at radius 1 is 1.39 bits per heavy atom. The van der Waals surface area contributed by atoms with E-state index in [0.29, 0.717) is 5.92 Å². The summed E-state index contributed by atoms with van der Waals surface area (Å²) >= 11 is 0. The van der Waals surface area contributed by atoms with Crippen LogP contribution in [0, 0.1) is 12.8 Å². The topological polar surface area (TPSA) is 0 Å². The zero-order chi connectivity index (χ0) is 13.1. The molecule has 0 spiro atoms. The summed E-state index contributed by atoms with van der Waals surface area (Å²) in [5.41, 5.74) is 6.14. The van der Waals surface area contributed by atoms with Crippen molar-refractivity contribution in [3.63, 3.8) is 0 Å². The molecule has 1 aromatic carbocycles.